The van der Waals surface area contributed by atoms with Gasteiger partial charge >= 0.3 is 0 Å². The number of amides is 1. The Bertz CT molecular complexity index is 1020. The van der Waals surface area contributed by atoms with E-state index in [1.165, 1.54) is 12.1 Å². The van der Waals surface area contributed by atoms with Crippen molar-refractivity contribution in [1.29, 1.82) is 0 Å². The Labute approximate surface area is 185 Å². The number of sulfonamides is 1. The lowest BCUT2D eigenvalue weighted by Crippen LogP contribution is -2.43. The summed E-state index contributed by atoms with van der Waals surface area (Å²) in [5, 5.41) is 2.84. The minimum absolute atomic E-state index is 0.0574. The van der Waals surface area contributed by atoms with Crippen molar-refractivity contribution >= 4 is 15.9 Å². The second-order valence-electron chi connectivity index (χ2n) is 7.55. The molecule has 0 unspecified atom stereocenters. The van der Waals surface area contributed by atoms with E-state index >= 15 is 0 Å². The van der Waals surface area contributed by atoms with Crippen molar-refractivity contribution in [1.82, 2.24) is 9.62 Å². The van der Waals surface area contributed by atoms with E-state index < -0.39 is 26.6 Å². The molecular weight excluding hydrogens is 445 g/mol. The molecular formula is C22H25F3N2O4S. The largest absolute Gasteiger partial charge is 0.494 e. The first-order chi connectivity index (χ1) is 15.3. The summed E-state index contributed by atoms with van der Waals surface area (Å²) in [5.41, 5.74) is 0. The second-order valence-corrected chi connectivity index (χ2v) is 9.46. The Morgan fingerprint density at radius 2 is 1.66 bits per heavy atom. The highest BCUT2D eigenvalue weighted by atomic mass is 32.2. The molecule has 6 nitrogen and oxygen atoms in total. The standard InChI is InChI=1S/C22H25F3N2O4S/c23-17-3-6-19(7-4-17)31-14-2-1-11-26-22(28)16-9-12-27(13-10-16)32(29,30)21-15-18(24)5-8-20(21)25/h3-8,15-16H,1-2,9-14H2,(H,26,28). The van der Waals surface area contributed by atoms with Crippen molar-refractivity contribution in [3.63, 3.8) is 0 Å². The van der Waals surface area contributed by atoms with Crippen LogP contribution in [0, 0.1) is 23.4 Å². The maximum atomic E-state index is 13.9. The van der Waals surface area contributed by atoms with Crippen LogP contribution in [0.15, 0.2) is 47.4 Å². The van der Waals surface area contributed by atoms with Crippen LogP contribution in [0.25, 0.3) is 0 Å². The molecule has 1 aliphatic heterocycles. The van der Waals surface area contributed by atoms with E-state index in [1.807, 2.05) is 0 Å². The van der Waals surface area contributed by atoms with E-state index in [1.54, 1.807) is 12.1 Å². The molecule has 10 heteroatoms. The topological polar surface area (TPSA) is 75.7 Å². The molecule has 0 aromatic heterocycles. The molecule has 2 aromatic carbocycles. The van der Waals surface area contributed by atoms with Gasteiger partial charge in [-0.2, -0.15) is 4.31 Å². The molecule has 1 aliphatic rings. The van der Waals surface area contributed by atoms with Gasteiger partial charge in [-0.15, -0.1) is 0 Å². The molecule has 1 N–H and O–H groups in total. The number of halogens is 3. The summed E-state index contributed by atoms with van der Waals surface area (Å²) in [4.78, 5) is 11.7. The lowest BCUT2D eigenvalue weighted by atomic mass is 9.97. The van der Waals surface area contributed by atoms with Crippen LogP contribution in [-0.4, -0.2) is 44.9 Å². The number of nitrogens with one attached hydrogen (secondary N) is 1. The molecule has 32 heavy (non-hydrogen) atoms. The first-order valence-corrected chi connectivity index (χ1v) is 11.8. The van der Waals surface area contributed by atoms with Crippen LogP contribution in [-0.2, 0) is 14.8 Å². The lowest BCUT2D eigenvalue weighted by Gasteiger charge is -2.30. The minimum atomic E-state index is -4.16. The third-order valence-electron chi connectivity index (χ3n) is 5.29. The van der Waals surface area contributed by atoms with E-state index in [-0.39, 0.29) is 30.7 Å². The number of piperidine rings is 1. The molecule has 1 fully saturated rings. The van der Waals surface area contributed by atoms with Crippen LogP contribution >= 0.6 is 0 Å². The van der Waals surface area contributed by atoms with Crippen LogP contribution in [0.2, 0.25) is 0 Å². The van der Waals surface area contributed by atoms with Crippen LogP contribution in [0.5, 0.6) is 5.75 Å². The van der Waals surface area contributed by atoms with Crippen molar-refractivity contribution in [3.8, 4) is 5.75 Å². The monoisotopic (exact) mass is 470 g/mol. The van der Waals surface area contributed by atoms with Crippen LogP contribution < -0.4 is 10.1 Å². The summed E-state index contributed by atoms with van der Waals surface area (Å²) in [6.45, 7) is 1.01. The zero-order valence-corrected chi connectivity index (χ0v) is 18.2. The molecule has 1 heterocycles. The van der Waals surface area contributed by atoms with Gasteiger partial charge in [0.25, 0.3) is 0 Å². The van der Waals surface area contributed by atoms with E-state index in [0.717, 1.165) is 16.4 Å². The van der Waals surface area contributed by atoms with Gasteiger partial charge in [-0.05, 0) is 68.1 Å². The molecule has 0 aliphatic carbocycles. The van der Waals surface area contributed by atoms with E-state index in [2.05, 4.69) is 5.32 Å². The highest BCUT2D eigenvalue weighted by molar-refractivity contribution is 7.89. The maximum absolute atomic E-state index is 13.9. The number of nitrogens with zero attached hydrogens (tertiary/aromatic N) is 1. The van der Waals surface area contributed by atoms with Gasteiger partial charge in [-0.1, -0.05) is 0 Å². The SMILES string of the molecule is O=C(NCCCCOc1ccc(F)cc1)C1CCN(S(=O)(=O)c2cc(F)ccc2F)CC1. The summed E-state index contributed by atoms with van der Waals surface area (Å²) >= 11 is 0. The van der Waals surface area contributed by atoms with E-state index in [9.17, 15) is 26.4 Å². The van der Waals surface area contributed by atoms with Gasteiger partial charge in [-0.3, -0.25) is 4.79 Å². The molecule has 3 rings (SSSR count). The Morgan fingerprint density at radius 1 is 1.00 bits per heavy atom. The van der Waals surface area contributed by atoms with Crippen molar-refractivity contribution < 1.29 is 31.1 Å². The smallest absolute Gasteiger partial charge is 0.246 e. The molecule has 174 valence electrons. The predicted octanol–water partition coefficient (Wildman–Crippen LogP) is 3.48. The zero-order chi connectivity index (χ0) is 23.1. The van der Waals surface area contributed by atoms with Crippen LogP contribution in [0.1, 0.15) is 25.7 Å². The fourth-order valence-electron chi connectivity index (χ4n) is 3.48. The lowest BCUT2D eigenvalue weighted by molar-refractivity contribution is -0.126. The number of benzene rings is 2. The van der Waals surface area contributed by atoms with Gasteiger partial charge in [0.1, 0.15) is 28.1 Å². The Hall–Kier alpha value is -2.59. The summed E-state index contributed by atoms with van der Waals surface area (Å²) in [6.07, 6.45) is 2.00. The average Bonchev–Trinajstić information content (AvgIpc) is 2.78. The Morgan fingerprint density at radius 3 is 2.34 bits per heavy atom. The fourth-order valence-corrected chi connectivity index (χ4v) is 5.02. The molecule has 1 amide bonds. The van der Waals surface area contributed by atoms with E-state index in [4.69, 9.17) is 4.74 Å². The van der Waals surface area contributed by atoms with Crippen LogP contribution in [0.4, 0.5) is 13.2 Å². The predicted molar refractivity (Wildman–Crippen MR) is 112 cm³/mol. The van der Waals surface area contributed by atoms with Gasteiger partial charge in [0.05, 0.1) is 6.61 Å². The van der Waals surface area contributed by atoms with Crippen LogP contribution in [0.3, 0.4) is 0 Å². The van der Waals surface area contributed by atoms with Gasteiger partial charge < -0.3 is 10.1 Å². The van der Waals surface area contributed by atoms with Crippen molar-refractivity contribution in [2.24, 2.45) is 5.92 Å². The average molecular weight is 471 g/mol. The minimum Gasteiger partial charge on any atom is -0.494 e. The number of hydrogen-bond acceptors (Lipinski definition) is 4. The normalized spacial score (nSPS) is 15.5. The molecule has 0 radical (unpaired) electrons. The third-order valence-corrected chi connectivity index (χ3v) is 7.20. The van der Waals surface area contributed by atoms with Gasteiger partial charge in [-0.25, -0.2) is 21.6 Å². The summed E-state index contributed by atoms with van der Waals surface area (Å²) in [5.74, 6) is -2.08. The van der Waals surface area contributed by atoms with Crippen molar-refractivity contribution in [3.05, 3.63) is 59.9 Å². The fraction of sp³-hybridized carbons (Fsp3) is 0.409. The molecule has 1 saturated heterocycles. The van der Waals surface area contributed by atoms with Crippen molar-refractivity contribution in [2.45, 2.75) is 30.6 Å². The number of carbonyl (C=O) groups excluding carboxylic acids is 1. The molecule has 0 spiro atoms. The molecule has 0 saturated carbocycles. The number of rotatable bonds is 9. The number of ether oxygens (including phenoxy) is 1. The highest BCUT2D eigenvalue weighted by Gasteiger charge is 2.33. The summed E-state index contributed by atoms with van der Waals surface area (Å²) in [6, 6.07) is 8.05. The van der Waals surface area contributed by atoms with Crippen molar-refractivity contribution in [2.75, 3.05) is 26.2 Å². The second kappa shape index (κ2) is 10.8. The van der Waals surface area contributed by atoms with Gasteiger partial charge in [0, 0.05) is 25.6 Å². The maximum Gasteiger partial charge on any atom is 0.246 e. The van der Waals surface area contributed by atoms with Gasteiger partial charge in [0.2, 0.25) is 15.9 Å². The third kappa shape index (κ3) is 6.23. The summed E-state index contributed by atoms with van der Waals surface area (Å²) < 4.78 is 71.9. The molecule has 0 bridgehead atoms. The summed E-state index contributed by atoms with van der Waals surface area (Å²) in [7, 11) is -4.16. The van der Waals surface area contributed by atoms with Gasteiger partial charge in [0.15, 0.2) is 0 Å². The molecule has 2 aromatic rings. The zero-order valence-electron chi connectivity index (χ0n) is 17.4. The first kappa shape index (κ1) is 24.1. The Balaban J connectivity index is 1.38. The number of unbranched alkanes of at least 4 members (excludes halogenated alkanes) is 1. The number of hydrogen-bond donors (Lipinski definition) is 1. The highest BCUT2D eigenvalue weighted by Crippen LogP contribution is 2.26. The van der Waals surface area contributed by atoms with E-state index in [0.29, 0.717) is 50.7 Å². The Kier molecular flexibility index (Phi) is 8.14. The quantitative estimate of drug-likeness (QED) is 0.570. The number of carbonyl (C=O) groups is 1. The first-order valence-electron chi connectivity index (χ1n) is 10.4. The molecule has 0 atom stereocenters.